The van der Waals surface area contributed by atoms with E-state index in [1.165, 1.54) is 0 Å². The third kappa shape index (κ3) is 4.97. The standard InChI is InChI=1S/C13H14F3NO4/c1-2-5-17-11(18)7-21-10-4-3-8(12(19)20)6-9(10)13(14,15)16/h3-4,6H,2,5,7H2,1H3,(H,17,18)(H,19,20). The SMILES string of the molecule is CCCNC(=O)COc1ccc(C(=O)O)cc1C(F)(F)F. The number of halogens is 3. The van der Waals surface area contributed by atoms with Gasteiger partial charge in [0, 0.05) is 6.54 Å². The fourth-order valence-corrected chi connectivity index (χ4v) is 1.47. The van der Waals surface area contributed by atoms with Crippen molar-refractivity contribution < 1.29 is 32.6 Å². The molecule has 5 nitrogen and oxygen atoms in total. The Hall–Kier alpha value is -2.25. The first-order valence-corrected chi connectivity index (χ1v) is 6.09. The summed E-state index contributed by atoms with van der Waals surface area (Å²) in [5.74, 6) is -2.61. The lowest BCUT2D eigenvalue weighted by atomic mass is 10.1. The summed E-state index contributed by atoms with van der Waals surface area (Å²) in [4.78, 5) is 22.0. The molecule has 0 saturated heterocycles. The van der Waals surface area contributed by atoms with Crippen molar-refractivity contribution in [3.05, 3.63) is 29.3 Å². The van der Waals surface area contributed by atoms with Gasteiger partial charge < -0.3 is 15.2 Å². The van der Waals surface area contributed by atoms with Gasteiger partial charge in [0.05, 0.1) is 11.1 Å². The van der Waals surface area contributed by atoms with Crippen molar-refractivity contribution in [1.29, 1.82) is 0 Å². The number of carbonyl (C=O) groups is 2. The topological polar surface area (TPSA) is 75.6 Å². The van der Waals surface area contributed by atoms with E-state index in [1.807, 2.05) is 6.92 Å². The number of carbonyl (C=O) groups excluding carboxylic acids is 1. The molecule has 1 aromatic rings. The summed E-state index contributed by atoms with van der Waals surface area (Å²) in [5, 5.41) is 11.2. The molecule has 0 unspecified atom stereocenters. The lowest BCUT2D eigenvalue weighted by molar-refractivity contribution is -0.139. The maximum atomic E-state index is 12.8. The highest BCUT2D eigenvalue weighted by Gasteiger charge is 2.35. The molecule has 1 aromatic carbocycles. The highest BCUT2D eigenvalue weighted by Crippen LogP contribution is 2.36. The Morgan fingerprint density at radius 3 is 2.52 bits per heavy atom. The summed E-state index contributed by atoms with van der Waals surface area (Å²) in [6, 6.07) is 2.35. The van der Waals surface area contributed by atoms with Gasteiger partial charge in [-0.2, -0.15) is 13.2 Å². The van der Waals surface area contributed by atoms with Crippen LogP contribution in [-0.2, 0) is 11.0 Å². The van der Waals surface area contributed by atoms with Gasteiger partial charge >= 0.3 is 12.1 Å². The summed E-state index contributed by atoms with van der Waals surface area (Å²) >= 11 is 0. The van der Waals surface area contributed by atoms with Crippen LogP contribution in [0.15, 0.2) is 18.2 Å². The molecule has 0 aliphatic rings. The first kappa shape index (κ1) is 16.8. The average molecular weight is 305 g/mol. The van der Waals surface area contributed by atoms with Crippen LogP contribution in [0.25, 0.3) is 0 Å². The van der Waals surface area contributed by atoms with E-state index in [9.17, 15) is 22.8 Å². The summed E-state index contributed by atoms with van der Waals surface area (Å²) in [5.41, 5.74) is -1.74. The zero-order valence-corrected chi connectivity index (χ0v) is 11.2. The van der Waals surface area contributed by atoms with E-state index in [1.54, 1.807) is 0 Å². The average Bonchev–Trinajstić information content (AvgIpc) is 2.41. The predicted molar refractivity (Wildman–Crippen MR) is 67.2 cm³/mol. The number of hydrogen-bond donors (Lipinski definition) is 2. The molecular formula is C13H14F3NO4. The third-order valence-corrected chi connectivity index (χ3v) is 2.46. The van der Waals surface area contributed by atoms with Crippen molar-refractivity contribution in [3.8, 4) is 5.75 Å². The van der Waals surface area contributed by atoms with E-state index < -0.39 is 41.5 Å². The number of aromatic carboxylic acids is 1. The fraction of sp³-hybridized carbons (Fsp3) is 0.385. The summed E-state index contributed by atoms with van der Waals surface area (Å²) in [6.07, 6.45) is -4.09. The summed E-state index contributed by atoms with van der Waals surface area (Å²) in [7, 11) is 0. The molecule has 0 aliphatic heterocycles. The smallest absolute Gasteiger partial charge is 0.419 e. The minimum Gasteiger partial charge on any atom is -0.483 e. The highest BCUT2D eigenvalue weighted by molar-refractivity contribution is 5.88. The Morgan fingerprint density at radius 2 is 2.00 bits per heavy atom. The summed E-state index contributed by atoms with van der Waals surface area (Å²) < 4.78 is 43.4. The maximum absolute atomic E-state index is 12.8. The largest absolute Gasteiger partial charge is 0.483 e. The van der Waals surface area contributed by atoms with Gasteiger partial charge in [-0.1, -0.05) is 6.92 Å². The van der Waals surface area contributed by atoms with Crippen molar-refractivity contribution in [2.45, 2.75) is 19.5 Å². The quantitative estimate of drug-likeness (QED) is 0.845. The minimum absolute atomic E-state index is 0.395. The number of hydrogen-bond acceptors (Lipinski definition) is 3. The van der Waals surface area contributed by atoms with E-state index in [0.717, 1.165) is 12.1 Å². The van der Waals surface area contributed by atoms with Gasteiger partial charge in [-0.3, -0.25) is 4.79 Å². The predicted octanol–water partition coefficient (Wildman–Crippen LogP) is 2.31. The molecule has 0 fully saturated rings. The van der Waals surface area contributed by atoms with E-state index in [4.69, 9.17) is 9.84 Å². The van der Waals surface area contributed by atoms with Crippen LogP contribution in [0, 0.1) is 0 Å². The molecule has 0 aromatic heterocycles. The Labute approximate surface area is 118 Å². The highest BCUT2D eigenvalue weighted by atomic mass is 19.4. The molecule has 0 radical (unpaired) electrons. The molecule has 8 heteroatoms. The van der Waals surface area contributed by atoms with E-state index >= 15 is 0 Å². The number of rotatable bonds is 6. The van der Waals surface area contributed by atoms with Gasteiger partial charge in [0.25, 0.3) is 5.91 Å². The van der Waals surface area contributed by atoms with Crippen LogP contribution in [0.4, 0.5) is 13.2 Å². The molecular weight excluding hydrogens is 291 g/mol. The first-order chi connectivity index (χ1) is 9.75. The van der Waals surface area contributed by atoms with Crippen molar-refractivity contribution in [1.82, 2.24) is 5.32 Å². The number of alkyl halides is 3. The molecule has 0 aliphatic carbocycles. The second-order valence-electron chi connectivity index (χ2n) is 4.15. The second-order valence-corrected chi connectivity index (χ2v) is 4.15. The molecule has 116 valence electrons. The normalized spacial score (nSPS) is 11.0. The van der Waals surface area contributed by atoms with Gasteiger partial charge in [0.15, 0.2) is 6.61 Å². The van der Waals surface area contributed by atoms with E-state index in [2.05, 4.69) is 5.32 Å². The number of amides is 1. The zero-order valence-electron chi connectivity index (χ0n) is 11.2. The van der Waals surface area contributed by atoms with Crippen LogP contribution >= 0.6 is 0 Å². The van der Waals surface area contributed by atoms with E-state index in [-0.39, 0.29) is 0 Å². The molecule has 0 spiro atoms. The number of benzene rings is 1. The summed E-state index contributed by atoms with van der Waals surface area (Å²) in [6.45, 7) is 1.65. The molecule has 0 atom stereocenters. The molecule has 0 saturated carbocycles. The number of ether oxygens (including phenoxy) is 1. The van der Waals surface area contributed by atoms with Crippen LogP contribution in [-0.4, -0.2) is 30.1 Å². The van der Waals surface area contributed by atoms with Gasteiger partial charge in [-0.05, 0) is 24.6 Å². The van der Waals surface area contributed by atoms with Gasteiger partial charge in [-0.15, -0.1) is 0 Å². The van der Waals surface area contributed by atoms with Crippen LogP contribution in [0.3, 0.4) is 0 Å². The van der Waals surface area contributed by atoms with Crippen molar-refractivity contribution in [3.63, 3.8) is 0 Å². The second kappa shape index (κ2) is 6.96. The van der Waals surface area contributed by atoms with Crippen LogP contribution in [0.1, 0.15) is 29.3 Å². The molecule has 1 amide bonds. The number of nitrogens with one attached hydrogen (secondary N) is 1. The Morgan fingerprint density at radius 1 is 1.33 bits per heavy atom. The Balaban J connectivity index is 2.91. The Kier molecular flexibility index (Phi) is 5.57. The van der Waals surface area contributed by atoms with Crippen LogP contribution in [0.5, 0.6) is 5.75 Å². The lowest BCUT2D eigenvalue weighted by Crippen LogP contribution is -2.29. The monoisotopic (exact) mass is 305 g/mol. The van der Waals surface area contributed by atoms with Gasteiger partial charge in [0.1, 0.15) is 5.75 Å². The number of carboxylic acids is 1. The molecule has 21 heavy (non-hydrogen) atoms. The number of carboxylic acid groups (broad SMARTS) is 1. The van der Waals surface area contributed by atoms with Gasteiger partial charge in [-0.25, -0.2) is 4.79 Å². The van der Waals surface area contributed by atoms with E-state index in [0.29, 0.717) is 19.0 Å². The molecule has 0 heterocycles. The molecule has 2 N–H and O–H groups in total. The minimum atomic E-state index is -4.78. The zero-order chi connectivity index (χ0) is 16.0. The van der Waals surface area contributed by atoms with Crippen LogP contribution in [0.2, 0.25) is 0 Å². The maximum Gasteiger partial charge on any atom is 0.419 e. The lowest BCUT2D eigenvalue weighted by Gasteiger charge is -2.14. The van der Waals surface area contributed by atoms with Gasteiger partial charge in [0.2, 0.25) is 0 Å². The van der Waals surface area contributed by atoms with Crippen LogP contribution < -0.4 is 10.1 Å². The first-order valence-electron chi connectivity index (χ1n) is 6.09. The third-order valence-electron chi connectivity index (χ3n) is 2.46. The molecule has 1 rings (SSSR count). The molecule has 0 bridgehead atoms. The van der Waals surface area contributed by atoms with Crippen molar-refractivity contribution in [2.75, 3.05) is 13.2 Å². The van der Waals surface area contributed by atoms with Crippen molar-refractivity contribution >= 4 is 11.9 Å². The fourth-order valence-electron chi connectivity index (χ4n) is 1.47. The van der Waals surface area contributed by atoms with Crippen molar-refractivity contribution in [2.24, 2.45) is 0 Å². The Bertz CT molecular complexity index is 529.